The van der Waals surface area contributed by atoms with Crippen LogP contribution in [0.15, 0.2) is 59.9 Å². The molecule has 0 heterocycles. The second-order valence-corrected chi connectivity index (χ2v) is 6.83. The number of aliphatic hydroxyl groups is 4. The lowest BCUT2D eigenvalue weighted by molar-refractivity contribution is -0.111. The topological polar surface area (TPSA) is 116 Å². The van der Waals surface area contributed by atoms with E-state index < -0.39 is 5.78 Å². The highest BCUT2D eigenvalue weighted by molar-refractivity contribution is 6.07. The summed E-state index contributed by atoms with van der Waals surface area (Å²) >= 11 is 0. The number of benzene rings is 2. The fourth-order valence-corrected chi connectivity index (χ4v) is 3.04. The van der Waals surface area contributed by atoms with Crippen molar-refractivity contribution in [3.63, 3.8) is 0 Å². The highest BCUT2D eigenvalue weighted by Gasteiger charge is 2.11. The molecule has 0 aliphatic heterocycles. The molecule has 0 bridgehead atoms. The van der Waals surface area contributed by atoms with Gasteiger partial charge in [-0.05, 0) is 52.6 Å². The number of methoxy groups -OCH3 is 2. The lowest BCUT2D eigenvalue weighted by atomic mass is 10.0. The van der Waals surface area contributed by atoms with E-state index in [1.165, 1.54) is 26.4 Å². The lowest BCUT2D eigenvalue weighted by Gasteiger charge is -2.08. The highest BCUT2D eigenvalue weighted by Crippen LogP contribution is 2.28. The van der Waals surface area contributed by atoms with Crippen LogP contribution in [0.25, 0.3) is 12.2 Å². The van der Waals surface area contributed by atoms with Crippen molar-refractivity contribution >= 4 is 17.9 Å². The summed E-state index contributed by atoms with van der Waals surface area (Å²) in [5, 5.41) is 38.5. The van der Waals surface area contributed by atoms with Crippen LogP contribution >= 0.6 is 0 Å². The summed E-state index contributed by atoms with van der Waals surface area (Å²) < 4.78 is 10.4. The zero-order chi connectivity index (χ0) is 23.5. The minimum absolute atomic E-state index is 0.0172. The van der Waals surface area contributed by atoms with Gasteiger partial charge >= 0.3 is 0 Å². The Hall–Kier alpha value is -3.39. The predicted octanol–water partition coefficient (Wildman–Crippen LogP) is 3.18. The number of ether oxygens (including phenoxy) is 2. The van der Waals surface area contributed by atoms with E-state index in [1.807, 2.05) is 0 Å². The molecule has 0 saturated heterocycles. The summed E-state index contributed by atoms with van der Waals surface area (Å²) in [4.78, 5) is 12.7. The van der Waals surface area contributed by atoms with Crippen LogP contribution in [-0.4, -0.2) is 47.0 Å². The average molecular weight is 440 g/mol. The molecule has 32 heavy (non-hydrogen) atoms. The van der Waals surface area contributed by atoms with Gasteiger partial charge in [0.1, 0.15) is 5.76 Å². The van der Waals surface area contributed by atoms with Crippen molar-refractivity contribution in [1.82, 2.24) is 0 Å². The Bertz CT molecular complexity index is 1020. The van der Waals surface area contributed by atoms with Crippen molar-refractivity contribution in [1.29, 1.82) is 0 Å². The molecule has 0 aromatic heterocycles. The zero-order valence-corrected chi connectivity index (χ0v) is 18.1. The van der Waals surface area contributed by atoms with E-state index in [2.05, 4.69) is 0 Å². The van der Waals surface area contributed by atoms with Gasteiger partial charge in [0.05, 0.1) is 27.4 Å². The van der Waals surface area contributed by atoms with E-state index in [4.69, 9.17) is 9.47 Å². The summed E-state index contributed by atoms with van der Waals surface area (Å²) in [6.45, 7) is -0.718. The molecule has 0 amide bonds. The number of ketones is 1. The summed E-state index contributed by atoms with van der Waals surface area (Å²) in [5.41, 5.74) is 2.63. The third kappa shape index (κ3) is 6.55. The summed E-state index contributed by atoms with van der Waals surface area (Å²) in [5.74, 6) is 0.380. The Morgan fingerprint density at radius 1 is 0.844 bits per heavy atom. The molecule has 0 aliphatic rings. The van der Waals surface area contributed by atoms with Crippen molar-refractivity contribution in [2.75, 3.05) is 20.8 Å². The van der Waals surface area contributed by atoms with Gasteiger partial charge in [0, 0.05) is 18.6 Å². The molecule has 0 aliphatic carbocycles. The minimum Gasteiger partial charge on any atom is -0.508 e. The molecule has 170 valence electrons. The maximum absolute atomic E-state index is 12.7. The average Bonchev–Trinajstić information content (AvgIpc) is 2.83. The largest absolute Gasteiger partial charge is 0.508 e. The van der Waals surface area contributed by atoms with Crippen LogP contribution in [0, 0.1) is 0 Å². The molecule has 0 atom stereocenters. The van der Waals surface area contributed by atoms with Gasteiger partial charge in [-0.3, -0.25) is 4.79 Å². The molecule has 2 aromatic rings. The number of carbonyl (C=O) groups is 1. The molecule has 4 N–H and O–H groups in total. The molecule has 0 unspecified atom stereocenters. The van der Waals surface area contributed by atoms with Crippen molar-refractivity contribution < 1.29 is 34.7 Å². The van der Waals surface area contributed by atoms with Gasteiger partial charge in [0.25, 0.3) is 0 Å². The first-order valence-electron chi connectivity index (χ1n) is 9.96. The van der Waals surface area contributed by atoms with Gasteiger partial charge in [-0.15, -0.1) is 0 Å². The monoisotopic (exact) mass is 440 g/mol. The standard InChI is InChI=1S/C25H28O7/c1-31-24-10-6-18(14-25(24)32-2)5-9-23(30)21(11-12-26)22(29)8-4-17-3-7-19(15-27)20(13-17)16-28/h3-10,13-14,26-29H,11-12,15-16H2,1-2H3/b8-4+,9-5+,22-21?. The number of rotatable bonds is 11. The van der Waals surface area contributed by atoms with Crippen LogP contribution in [0.1, 0.15) is 28.7 Å². The third-order valence-electron chi connectivity index (χ3n) is 4.81. The molecule has 0 saturated carbocycles. The third-order valence-corrected chi connectivity index (χ3v) is 4.81. The van der Waals surface area contributed by atoms with E-state index in [0.717, 1.165) is 0 Å². The van der Waals surface area contributed by atoms with Gasteiger partial charge in [0.15, 0.2) is 17.3 Å². The van der Waals surface area contributed by atoms with Crippen LogP contribution in [0.3, 0.4) is 0 Å². The Kier molecular flexibility index (Phi) is 9.69. The zero-order valence-electron chi connectivity index (χ0n) is 18.1. The first-order valence-corrected chi connectivity index (χ1v) is 9.96. The molecule has 0 fully saturated rings. The van der Waals surface area contributed by atoms with Crippen LogP contribution < -0.4 is 9.47 Å². The van der Waals surface area contributed by atoms with E-state index in [1.54, 1.807) is 48.6 Å². The van der Waals surface area contributed by atoms with Gasteiger partial charge in [0.2, 0.25) is 0 Å². The molecule has 7 nitrogen and oxygen atoms in total. The van der Waals surface area contributed by atoms with E-state index in [-0.39, 0.29) is 37.6 Å². The molecule has 7 heteroatoms. The Morgan fingerprint density at radius 3 is 2.09 bits per heavy atom. The van der Waals surface area contributed by atoms with E-state index >= 15 is 0 Å². The number of aliphatic hydroxyl groups excluding tert-OH is 4. The number of hydrogen-bond acceptors (Lipinski definition) is 7. The highest BCUT2D eigenvalue weighted by atomic mass is 16.5. The van der Waals surface area contributed by atoms with Gasteiger partial charge in [-0.25, -0.2) is 0 Å². The Balaban J connectivity index is 2.26. The normalized spacial score (nSPS) is 12.3. The molecule has 2 rings (SSSR count). The fourth-order valence-electron chi connectivity index (χ4n) is 3.04. The fraction of sp³-hybridized carbons (Fsp3) is 0.240. The Labute approximate surface area is 187 Å². The second-order valence-electron chi connectivity index (χ2n) is 6.83. The van der Waals surface area contributed by atoms with Crippen LogP contribution in [0.4, 0.5) is 0 Å². The quantitative estimate of drug-likeness (QED) is 0.241. The Morgan fingerprint density at radius 2 is 1.47 bits per heavy atom. The van der Waals surface area contributed by atoms with Crippen molar-refractivity contribution in [2.24, 2.45) is 0 Å². The van der Waals surface area contributed by atoms with Crippen molar-refractivity contribution in [2.45, 2.75) is 19.6 Å². The van der Waals surface area contributed by atoms with Crippen LogP contribution in [0.2, 0.25) is 0 Å². The van der Waals surface area contributed by atoms with Crippen LogP contribution in [0.5, 0.6) is 11.5 Å². The minimum atomic E-state index is -0.442. The molecule has 0 radical (unpaired) electrons. The van der Waals surface area contributed by atoms with Crippen LogP contribution in [-0.2, 0) is 18.0 Å². The summed E-state index contributed by atoms with van der Waals surface area (Å²) in [7, 11) is 3.05. The van der Waals surface area contributed by atoms with E-state index in [0.29, 0.717) is 33.8 Å². The van der Waals surface area contributed by atoms with Gasteiger partial charge in [-0.1, -0.05) is 30.4 Å². The van der Waals surface area contributed by atoms with Crippen molar-refractivity contribution in [3.05, 3.63) is 82.1 Å². The maximum Gasteiger partial charge on any atom is 0.185 e. The lowest BCUT2D eigenvalue weighted by Crippen LogP contribution is -2.04. The second kappa shape index (κ2) is 12.5. The van der Waals surface area contributed by atoms with Crippen molar-refractivity contribution in [3.8, 4) is 11.5 Å². The predicted molar refractivity (Wildman–Crippen MR) is 122 cm³/mol. The molecule has 2 aromatic carbocycles. The van der Waals surface area contributed by atoms with Gasteiger partial charge in [-0.2, -0.15) is 0 Å². The smallest absolute Gasteiger partial charge is 0.185 e. The maximum atomic E-state index is 12.7. The first kappa shape index (κ1) is 24.9. The van der Waals surface area contributed by atoms with Gasteiger partial charge < -0.3 is 29.9 Å². The first-order chi connectivity index (χ1) is 15.5. The SMILES string of the molecule is COc1ccc(/C=C/C(=O)C(CCO)=C(O)/C=C/c2ccc(CO)c(CO)c2)cc1OC. The number of allylic oxidation sites excluding steroid dienone is 2. The molecular weight excluding hydrogens is 412 g/mol. The number of carbonyl (C=O) groups excluding carboxylic acids is 1. The molecular formula is C25H28O7. The number of hydrogen-bond donors (Lipinski definition) is 4. The molecule has 0 spiro atoms. The summed E-state index contributed by atoms with van der Waals surface area (Å²) in [6, 6.07) is 10.3. The van der Waals surface area contributed by atoms with E-state index in [9.17, 15) is 25.2 Å². The summed E-state index contributed by atoms with van der Waals surface area (Å²) in [6.07, 6.45) is 5.83.